The van der Waals surface area contributed by atoms with Crippen molar-refractivity contribution in [2.24, 2.45) is 4.99 Å². The molecule has 7 heteroatoms. The topological polar surface area (TPSA) is 52.8 Å². The van der Waals surface area contributed by atoms with E-state index in [9.17, 15) is 9.18 Å². The number of nitrogens with zero attached hydrogens (tertiary/aromatic N) is 2. The van der Waals surface area contributed by atoms with Gasteiger partial charge in [0, 0.05) is 5.56 Å². The number of benzene rings is 3. The van der Waals surface area contributed by atoms with E-state index in [0.29, 0.717) is 20.8 Å². The van der Waals surface area contributed by atoms with Crippen LogP contribution >= 0.6 is 11.3 Å². The number of hydrogen-bond donors (Lipinski definition) is 0. The van der Waals surface area contributed by atoms with Gasteiger partial charge in [0.05, 0.1) is 30.5 Å². The van der Waals surface area contributed by atoms with Crippen LogP contribution in [0.2, 0.25) is 0 Å². The lowest BCUT2D eigenvalue weighted by Crippen LogP contribution is -2.38. The van der Waals surface area contributed by atoms with Gasteiger partial charge in [-0.3, -0.25) is 9.36 Å². The highest BCUT2D eigenvalue weighted by atomic mass is 32.1. The third kappa shape index (κ3) is 3.67. The number of ether oxygens (including phenoxy) is 2. The Labute approximate surface area is 211 Å². The minimum atomic E-state index is -0.409. The maximum absolute atomic E-state index is 14.3. The summed E-state index contributed by atoms with van der Waals surface area (Å²) in [5, 5.41) is 0. The van der Waals surface area contributed by atoms with E-state index in [4.69, 9.17) is 14.5 Å². The van der Waals surface area contributed by atoms with Crippen LogP contribution in [0.4, 0.5) is 4.39 Å². The highest BCUT2D eigenvalue weighted by Crippen LogP contribution is 2.41. The van der Waals surface area contributed by atoms with Gasteiger partial charge in [-0.2, -0.15) is 0 Å². The number of aryl methyl sites for hydroxylation is 1. The van der Waals surface area contributed by atoms with Crippen LogP contribution in [0.5, 0.6) is 11.5 Å². The second-order valence-electron chi connectivity index (χ2n) is 8.78. The van der Waals surface area contributed by atoms with Crippen LogP contribution in [0.1, 0.15) is 34.7 Å². The fourth-order valence-electron chi connectivity index (χ4n) is 5.09. The third-order valence-electron chi connectivity index (χ3n) is 6.74. The first kappa shape index (κ1) is 22.5. The van der Waals surface area contributed by atoms with E-state index in [0.717, 1.165) is 40.8 Å². The molecular formula is C29H23FN2O3S. The second kappa shape index (κ2) is 8.91. The Morgan fingerprint density at radius 2 is 1.83 bits per heavy atom. The fraction of sp³-hybridized carbons (Fsp3) is 0.172. The highest BCUT2D eigenvalue weighted by Gasteiger charge is 2.32. The van der Waals surface area contributed by atoms with Crippen molar-refractivity contribution in [2.75, 3.05) is 14.2 Å². The molecule has 0 N–H and O–H groups in total. The maximum atomic E-state index is 14.3. The van der Waals surface area contributed by atoms with Gasteiger partial charge < -0.3 is 9.47 Å². The molecule has 5 nitrogen and oxygen atoms in total. The SMILES string of the molecule is COc1ccc(/C=c2\sc3n(c2=O)[C@@H](c2cccc(F)c2)C2=C(N=3)c3ccccc3CC2)cc1OC. The van der Waals surface area contributed by atoms with Gasteiger partial charge in [-0.05, 0) is 65.4 Å². The van der Waals surface area contributed by atoms with Crippen LogP contribution in [0.3, 0.4) is 0 Å². The highest BCUT2D eigenvalue weighted by molar-refractivity contribution is 7.07. The summed E-state index contributed by atoms with van der Waals surface area (Å²) in [5.74, 6) is 0.882. The molecule has 0 fully saturated rings. The molecule has 4 aromatic rings. The molecule has 1 atom stereocenters. The van der Waals surface area contributed by atoms with Crippen molar-refractivity contribution in [3.63, 3.8) is 0 Å². The summed E-state index contributed by atoms with van der Waals surface area (Å²) in [6.45, 7) is 0. The maximum Gasteiger partial charge on any atom is 0.271 e. The van der Waals surface area contributed by atoms with Gasteiger partial charge in [0.25, 0.3) is 5.56 Å². The summed E-state index contributed by atoms with van der Waals surface area (Å²) in [5.41, 5.74) is 5.67. The van der Waals surface area contributed by atoms with E-state index < -0.39 is 6.04 Å². The zero-order valence-corrected chi connectivity index (χ0v) is 20.6. The van der Waals surface area contributed by atoms with Crippen molar-refractivity contribution >= 4 is 23.1 Å². The molecule has 0 radical (unpaired) electrons. The molecule has 0 saturated carbocycles. The fourth-order valence-corrected chi connectivity index (χ4v) is 6.09. The molecule has 0 amide bonds. The molecule has 0 saturated heterocycles. The van der Waals surface area contributed by atoms with Crippen LogP contribution < -0.4 is 24.4 Å². The molecule has 180 valence electrons. The van der Waals surface area contributed by atoms with Crippen LogP contribution in [-0.2, 0) is 6.42 Å². The predicted molar refractivity (Wildman–Crippen MR) is 139 cm³/mol. The molecule has 3 aromatic carbocycles. The van der Waals surface area contributed by atoms with E-state index in [2.05, 4.69) is 12.1 Å². The summed E-state index contributed by atoms with van der Waals surface area (Å²) >= 11 is 1.34. The number of halogens is 1. The van der Waals surface area contributed by atoms with Crippen molar-refractivity contribution in [3.8, 4) is 11.5 Å². The van der Waals surface area contributed by atoms with E-state index in [1.165, 1.54) is 29.0 Å². The lowest BCUT2D eigenvalue weighted by atomic mass is 9.83. The first-order valence-electron chi connectivity index (χ1n) is 11.7. The molecule has 0 unspecified atom stereocenters. The molecule has 1 aromatic heterocycles. The Kier molecular flexibility index (Phi) is 5.57. The molecule has 2 aliphatic rings. The number of fused-ring (bicyclic) bond motifs is 3. The molecule has 1 aliphatic heterocycles. The number of methoxy groups -OCH3 is 2. The molecule has 36 heavy (non-hydrogen) atoms. The van der Waals surface area contributed by atoms with E-state index >= 15 is 0 Å². The minimum Gasteiger partial charge on any atom is -0.493 e. The lowest BCUT2D eigenvalue weighted by Gasteiger charge is -2.30. The Balaban J connectivity index is 1.59. The van der Waals surface area contributed by atoms with E-state index in [1.54, 1.807) is 24.9 Å². The van der Waals surface area contributed by atoms with Gasteiger partial charge in [-0.15, -0.1) is 0 Å². The summed E-state index contributed by atoms with van der Waals surface area (Å²) < 4.78 is 27.4. The zero-order valence-electron chi connectivity index (χ0n) is 19.8. The molecule has 1 aliphatic carbocycles. The van der Waals surface area contributed by atoms with Gasteiger partial charge in [-0.1, -0.05) is 53.8 Å². The molecule has 0 spiro atoms. The van der Waals surface area contributed by atoms with Crippen molar-refractivity contribution in [2.45, 2.75) is 18.9 Å². The molecule has 6 rings (SSSR count). The smallest absolute Gasteiger partial charge is 0.271 e. The lowest BCUT2D eigenvalue weighted by molar-refractivity contribution is 0.355. The van der Waals surface area contributed by atoms with Crippen molar-refractivity contribution in [3.05, 3.63) is 120 Å². The van der Waals surface area contributed by atoms with Gasteiger partial charge in [0.1, 0.15) is 5.82 Å². The van der Waals surface area contributed by atoms with Gasteiger partial charge in [-0.25, -0.2) is 9.38 Å². The number of allylic oxidation sites excluding steroid dienone is 1. The number of thiazole rings is 1. The second-order valence-corrected chi connectivity index (χ2v) is 9.79. The Hall–Kier alpha value is -3.97. The van der Waals surface area contributed by atoms with E-state index in [1.807, 2.05) is 42.5 Å². The summed E-state index contributed by atoms with van der Waals surface area (Å²) in [6.07, 6.45) is 3.45. The quantitative estimate of drug-likeness (QED) is 0.417. The predicted octanol–water partition coefficient (Wildman–Crippen LogP) is 4.48. The number of hydrogen-bond acceptors (Lipinski definition) is 5. The molecular weight excluding hydrogens is 475 g/mol. The van der Waals surface area contributed by atoms with Crippen LogP contribution in [0.25, 0.3) is 11.8 Å². The van der Waals surface area contributed by atoms with Crippen LogP contribution in [0.15, 0.2) is 82.1 Å². The Bertz CT molecular complexity index is 1720. The third-order valence-corrected chi connectivity index (χ3v) is 7.73. The average Bonchev–Trinajstić information content (AvgIpc) is 3.21. The van der Waals surface area contributed by atoms with Crippen molar-refractivity contribution in [1.29, 1.82) is 0 Å². The Morgan fingerprint density at radius 3 is 2.64 bits per heavy atom. The average molecular weight is 499 g/mol. The van der Waals surface area contributed by atoms with Gasteiger partial charge >= 0.3 is 0 Å². The summed E-state index contributed by atoms with van der Waals surface area (Å²) in [7, 11) is 3.17. The van der Waals surface area contributed by atoms with Crippen molar-refractivity contribution in [1.82, 2.24) is 4.57 Å². The molecule has 0 bridgehead atoms. The van der Waals surface area contributed by atoms with Gasteiger partial charge in [0.15, 0.2) is 16.3 Å². The monoisotopic (exact) mass is 498 g/mol. The van der Waals surface area contributed by atoms with Gasteiger partial charge in [0.2, 0.25) is 0 Å². The zero-order chi connectivity index (χ0) is 24.8. The van der Waals surface area contributed by atoms with Crippen LogP contribution in [-0.4, -0.2) is 18.8 Å². The first-order chi connectivity index (χ1) is 17.6. The largest absolute Gasteiger partial charge is 0.493 e. The number of aromatic nitrogens is 1. The standard InChI is InChI=1S/C29H23FN2O3S/c1-34-23-13-10-17(14-24(23)35-2)15-25-28(33)32-27(19-7-5-8-20(30)16-19)22-12-11-18-6-3-4-9-21(18)26(22)31-29(32)36-25/h3-10,13-16,27H,11-12H2,1-2H3/b25-15-/t27-/m0/s1. The summed E-state index contributed by atoms with van der Waals surface area (Å²) in [4.78, 5) is 19.4. The minimum absolute atomic E-state index is 0.145. The first-order valence-corrected chi connectivity index (χ1v) is 12.5. The Morgan fingerprint density at radius 1 is 1.00 bits per heavy atom. The summed E-state index contributed by atoms with van der Waals surface area (Å²) in [6, 6.07) is 19.9. The molecule has 2 heterocycles. The van der Waals surface area contributed by atoms with Crippen molar-refractivity contribution < 1.29 is 13.9 Å². The normalized spacial score (nSPS) is 16.6. The number of rotatable bonds is 4. The van der Waals surface area contributed by atoms with E-state index in [-0.39, 0.29) is 11.4 Å². The van der Waals surface area contributed by atoms with Crippen LogP contribution in [0, 0.1) is 5.82 Å².